The first kappa shape index (κ1) is 12.9. The van der Waals surface area contributed by atoms with E-state index in [2.05, 4.69) is 5.32 Å². The molecular formula is C15H23NO3. The van der Waals surface area contributed by atoms with Gasteiger partial charge in [-0.05, 0) is 43.9 Å². The highest BCUT2D eigenvalue weighted by Gasteiger charge is 2.48. The molecule has 0 saturated heterocycles. The van der Waals surface area contributed by atoms with Gasteiger partial charge in [0.2, 0.25) is 5.91 Å². The number of hydrogen-bond acceptors (Lipinski definition) is 2. The molecule has 0 aliphatic heterocycles. The van der Waals surface area contributed by atoms with Crippen LogP contribution in [0.3, 0.4) is 0 Å². The Morgan fingerprint density at radius 1 is 1.05 bits per heavy atom. The number of carbonyl (C=O) groups is 2. The number of carboxylic acid groups (broad SMARTS) is 1. The van der Waals surface area contributed by atoms with Crippen LogP contribution in [0.1, 0.15) is 51.4 Å². The smallest absolute Gasteiger partial charge is 0.311 e. The van der Waals surface area contributed by atoms with Crippen LogP contribution in [0, 0.1) is 23.2 Å². The minimum Gasteiger partial charge on any atom is -0.481 e. The molecule has 19 heavy (non-hydrogen) atoms. The largest absolute Gasteiger partial charge is 0.481 e. The molecule has 3 fully saturated rings. The fourth-order valence-corrected chi connectivity index (χ4v) is 4.02. The Kier molecular flexibility index (Phi) is 3.27. The number of hydrogen-bond donors (Lipinski definition) is 2. The van der Waals surface area contributed by atoms with Gasteiger partial charge in [0, 0.05) is 12.5 Å². The zero-order valence-corrected chi connectivity index (χ0v) is 11.4. The number of amides is 1. The summed E-state index contributed by atoms with van der Waals surface area (Å²) >= 11 is 0. The van der Waals surface area contributed by atoms with E-state index in [1.165, 1.54) is 6.42 Å². The molecule has 3 aliphatic carbocycles. The van der Waals surface area contributed by atoms with Crippen LogP contribution in [0.5, 0.6) is 0 Å². The highest BCUT2D eigenvalue weighted by Crippen LogP contribution is 2.54. The number of fused-ring (bicyclic) bond motifs is 1. The van der Waals surface area contributed by atoms with Crippen molar-refractivity contribution >= 4 is 11.9 Å². The van der Waals surface area contributed by atoms with E-state index in [0.29, 0.717) is 19.4 Å². The van der Waals surface area contributed by atoms with E-state index in [-0.39, 0.29) is 11.8 Å². The molecular weight excluding hydrogens is 242 g/mol. The van der Waals surface area contributed by atoms with E-state index in [9.17, 15) is 14.7 Å². The Balaban J connectivity index is 1.54. The van der Waals surface area contributed by atoms with Gasteiger partial charge in [0.05, 0.1) is 5.41 Å². The monoisotopic (exact) mass is 265 g/mol. The van der Waals surface area contributed by atoms with Crippen molar-refractivity contribution in [1.29, 1.82) is 0 Å². The van der Waals surface area contributed by atoms with Crippen molar-refractivity contribution in [2.75, 3.05) is 6.54 Å². The SMILES string of the molecule is O=C(NCC1(C(=O)O)CCCCC1)C1CC2CC2C1. The maximum absolute atomic E-state index is 12.1. The summed E-state index contributed by atoms with van der Waals surface area (Å²) in [5, 5.41) is 12.4. The summed E-state index contributed by atoms with van der Waals surface area (Å²) in [7, 11) is 0. The summed E-state index contributed by atoms with van der Waals surface area (Å²) in [5.41, 5.74) is -0.699. The third kappa shape index (κ3) is 2.49. The Bertz CT molecular complexity index is 377. The molecule has 4 heteroatoms. The molecule has 3 rings (SSSR count). The van der Waals surface area contributed by atoms with Crippen molar-refractivity contribution < 1.29 is 14.7 Å². The van der Waals surface area contributed by atoms with E-state index >= 15 is 0 Å². The molecule has 0 aromatic rings. The molecule has 0 aromatic heterocycles. The van der Waals surface area contributed by atoms with Crippen molar-refractivity contribution in [1.82, 2.24) is 5.32 Å². The second-order valence-corrected chi connectivity index (χ2v) is 6.79. The van der Waals surface area contributed by atoms with Crippen LogP contribution in [0.25, 0.3) is 0 Å². The first-order valence-electron chi connectivity index (χ1n) is 7.62. The molecule has 4 nitrogen and oxygen atoms in total. The lowest BCUT2D eigenvalue weighted by Crippen LogP contribution is -2.45. The van der Waals surface area contributed by atoms with Gasteiger partial charge in [0.1, 0.15) is 0 Å². The Hall–Kier alpha value is -1.06. The van der Waals surface area contributed by atoms with Gasteiger partial charge in [-0.2, -0.15) is 0 Å². The molecule has 3 saturated carbocycles. The summed E-state index contributed by atoms with van der Waals surface area (Å²) in [6.45, 7) is 0.326. The van der Waals surface area contributed by atoms with Crippen molar-refractivity contribution in [3.63, 3.8) is 0 Å². The van der Waals surface area contributed by atoms with Gasteiger partial charge < -0.3 is 10.4 Å². The quantitative estimate of drug-likeness (QED) is 0.818. The van der Waals surface area contributed by atoms with Gasteiger partial charge in [-0.15, -0.1) is 0 Å². The van der Waals surface area contributed by atoms with Gasteiger partial charge in [-0.25, -0.2) is 0 Å². The van der Waals surface area contributed by atoms with Crippen LogP contribution in [-0.4, -0.2) is 23.5 Å². The lowest BCUT2D eigenvalue weighted by molar-refractivity contribution is -0.151. The molecule has 0 spiro atoms. The molecule has 0 heterocycles. The number of nitrogens with one attached hydrogen (secondary N) is 1. The summed E-state index contributed by atoms with van der Waals surface area (Å²) in [5.74, 6) is 1.09. The fourth-order valence-electron chi connectivity index (χ4n) is 4.02. The van der Waals surface area contributed by atoms with Gasteiger partial charge in [0.15, 0.2) is 0 Å². The third-order valence-corrected chi connectivity index (χ3v) is 5.48. The number of rotatable bonds is 4. The Labute approximate surface area is 113 Å². The predicted molar refractivity (Wildman–Crippen MR) is 70.5 cm³/mol. The summed E-state index contributed by atoms with van der Waals surface area (Å²) in [6, 6.07) is 0. The van der Waals surface area contributed by atoms with Gasteiger partial charge in [-0.1, -0.05) is 19.3 Å². The predicted octanol–water partition coefficient (Wildman–Crippen LogP) is 2.18. The molecule has 2 atom stereocenters. The summed E-state index contributed by atoms with van der Waals surface area (Å²) < 4.78 is 0. The zero-order valence-electron chi connectivity index (χ0n) is 11.4. The molecule has 1 amide bonds. The van der Waals surface area contributed by atoms with Crippen molar-refractivity contribution in [3.8, 4) is 0 Å². The second kappa shape index (κ2) is 4.80. The van der Waals surface area contributed by atoms with Crippen LogP contribution in [-0.2, 0) is 9.59 Å². The normalized spacial score (nSPS) is 35.5. The van der Waals surface area contributed by atoms with E-state index < -0.39 is 11.4 Å². The van der Waals surface area contributed by atoms with Crippen LogP contribution in [0.2, 0.25) is 0 Å². The Morgan fingerprint density at radius 2 is 1.68 bits per heavy atom. The van der Waals surface area contributed by atoms with Crippen LogP contribution in [0.15, 0.2) is 0 Å². The topological polar surface area (TPSA) is 66.4 Å². The lowest BCUT2D eigenvalue weighted by Gasteiger charge is -2.33. The third-order valence-electron chi connectivity index (χ3n) is 5.48. The van der Waals surface area contributed by atoms with Crippen LogP contribution < -0.4 is 5.32 Å². The molecule has 106 valence electrons. The first-order chi connectivity index (χ1) is 9.11. The van der Waals surface area contributed by atoms with Crippen molar-refractivity contribution in [3.05, 3.63) is 0 Å². The average Bonchev–Trinajstić information content (AvgIpc) is 3.03. The minimum atomic E-state index is -0.734. The summed E-state index contributed by atoms with van der Waals surface area (Å²) in [6.07, 6.45) is 7.83. The van der Waals surface area contributed by atoms with Crippen molar-refractivity contribution in [2.45, 2.75) is 51.4 Å². The number of carbonyl (C=O) groups excluding carboxylic acids is 1. The highest BCUT2D eigenvalue weighted by molar-refractivity contribution is 5.81. The van der Waals surface area contributed by atoms with Gasteiger partial charge in [-0.3, -0.25) is 9.59 Å². The molecule has 0 aromatic carbocycles. The maximum atomic E-state index is 12.1. The minimum absolute atomic E-state index is 0.0957. The highest BCUT2D eigenvalue weighted by atomic mass is 16.4. The van der Waals surface area contributed by atoms with Crippen molar-refractivity contribution in [2.24, 2.45) is 23.2 Å². The summed E-state index contributed by atoms with van der Waals surface area (Å²) in [4.78, 5) is 23.6. The second-order valence-electron chi connectivity index (χ2n) is 6.79. The molecule has 0 radical (unpaired) electrons. The average molecular weight is 265 g/mol. The fraction of sp³-hybridized carbons (Fsp3) is 0.867. The first-order valence-corrected chi connectivity index (χ1v) is 7.62. The van der Waals surface area contributed by atoms with Gasteiger partial charge >= 0.3 is 5.97 Å². The van der Waals surface area contributed by atoms with Gasteiger partial charge in [0.25, 0.3) is 0 Å². The van der Waals surface area contributed by atoms with E-state index in [4.69, 9.17) is 0 Å². The number of aliphatic carboxylic acids is 1. The van der Waals surface area contributed by atoms with Crippen LogP contribution >= 0.6 is 0 Å². The van der Waals surface area contributed by atoms with E-state index in [1.54, 1.807) is 0 Å². The maximum Gasteiger partial charge on any atom is 0.311 e. The molecule has 3 aliphatic rings. The Morgan fingerprint density at radius 3 is 2.26 bits per heavy atom. The molecule has 2 unspecified atom stereocenters. The van der Waals surface area contributed by atoms with E-state index in [1.807, 2.05) is 0 Å². The lowest BCUT2D eigenvalue weighted by atomic mass is 9.74. The molecule has 2 N–H and O–H groups in total. The number of carboxylic acids is 1. The molecule has 0 bridgehead atoms. The van der Waals surface area contributed by atoms with Crippen LogP contribution in [0.4, 0.5) is 0 Å². The standard InChI is InChI=1S/C15H23NO3/c17-13(12-7-10-6-11(10)8-12)16-9-15(14(18)19)4-2-1-3-5-15/h10-12H,1-9H2,(H,16,17)(H,18,19). The zero-order chi connectivity index (χ0) is 13.5. The van der Waals surface area contributed by atoms with E-state index in [0.717, 1.165) is 43.9 Å².